The van der Waals surface area contributed by atoms with Crippen LogP contribution in [0.5, 0.6) is 0 Å². The predicted octanol–water partition coefficient (Wildman–Crippen LogP) is 10.3. The van der Waals surface area contributed by atoms with Crippen LogP contribution in [0.2, 0.25) is 0 Å². The van der Waals surface area contributed by atoms with Gasteiger partial charge in [-0.2, -0.15) is 0 Å². The second kappa shape index (κ2) is 8.99. The fourth-order valence-corrected chi connectivity index (χ4v) is 6.57. The fraction of sp³-hybridized carbons (Fsp3) is 0.105. The van der Waals surface area contributed by atoms with Crippen molar-refractivity contribution in [1.29, 1.82) is 0 Å². The molecule has 1 unspecified atom stereocenters. The highest BCUT2D eigenvalue weighted by Crippen LogP contribution is 2.56. The highest BCUT2D eigenvalue weighted by atomic mass is 16.3. The Morgan fingerprint density at radius 2 is 1.36 bits per heavy atom. The molecule has 0 saturated carbocycles. The van der Waals surface area contributed by atoms with Crippen LogP contribution in [0.25, 0.3) is 38.6 Å². The van der Waals surface area contributed by atoms with Crippen molar-refractivity contribution < 1.29 is 4.42 Å². The van der Waals surface area contributed by atoms with E-state index in [9.17, 15) is 0 Å². The van der Waals surface area contributed by atoms with Gasteiger partial charge < -0.3 is 4.42 Å². The van der Waals surface area contributed by atoms with E-state index in [4.69, 9.17) is 4.42 Å². The molecule has 188 valence electrons. The molecule has 0 saturated heterocycles. The van der Waals surface area contributed by atoms with Crippen molar-refractivity contribution in [2.45, 2.75) is 26.2 Å². The third-order valence-electron chi connectivity index (χ3n) is 8.41. The SMILES string of the molecule is C/C(=C\C=C(/C)C1(c2ccccc2)c2ccccc2-c2ccc(C)cc21)c1cccc2c1oc1ccccc12. The topological polar surface area (TPSA) is 13.1 Å². The Hall–Kier alpha value is -4.62. The van der Waals surface area contributed by atoms with Crippen molar-refractivity contribution in [3.8, 4) is 11.1 Å². The minimum atomic E-state index is -0.360. The number of fused-ring (bicyclic) bond motifs is 6. The quantitative estimate of drug-likeness (QED) is 0.219. The summed E-state index contributed by atoms with van der Waals surface area (Å²) in [6.07, 6.45) is 4.58. The van der Waals surface area contributed by atoms with Crippen LogP contribution in [0.1, 0.15) is 41.7 Å². The molecule has 0 amide bonds. The lowest BCUT2D eigenvalue weighted by molar-refractivity contribution is 0.667. The van der Waals surface area contributed by atoms with Crippen LogP contribution in [-0.2, 0) is 5.41 Å². The van der Waals surface area contributed by atoms with Gasteiger partial charge in [0.2, 0.25) is 0 Å². The molecule has 1 atom stereocenters. The number of benzene rings is 5. The minimum Gasteiger partial charge on any atom is -0.455 e. The average Bonchev–Trinajstić information content (AvgIpc) is 3.50. The maximum absolute atomic E-state index is 6.35. The summed E-state index contributed by atoms with van der Waals surface area (Å²) in [7, 11) is 0. The zero-order chi connectivity index (χ0) is 26.6. The summed E-state index contributed by atoms with van der Waals surface area (Å²) in [5.41, 5.74) is 13.0. The zero-order valence-electron chi connectivity index (χ0n) is 22.5. The summed E-state index contributed by atoms with van der Waals surface area (Å²) in [6, 6.07) is 41.5. The van der Waals surface area contributed by atoms with E-state index in [1.54, 1.807) is 0 Å². The van der Waals surface area contributed by atoms with Gasteiger partial charge in [0.25, 0.3) is 0 Å². The first-order chi connectivity index (χ1) is 19.1. The first-order valence-corrected chi connectivity index (χ1v) is 13.6. The van der Waals surface area contributed by atoms with E-state index in [1.165, 1.54) is 44.5 Å². The molecule has 7 rings (SSSR count). The van der Waals surface area contributed by atoms with Crippen molar-refractivity contribution in [1.82, 2.24) is 0 Å². The molecule has 1 aliphatic carbocycles. The van der Waals surface area contributed by atoms with Crippen LogP contribution in [0.15, 0.2) is 137 Å². The highest BCUT2D eigenvalue weighted by molar-refractivity contribution is 6.08. The van der Waals surface area contributed by atoms with Gasteiger partial charge in [-0.05, 0) is 60.2 Å². The van der Waals surface area contributed by atoms with Crippen LogP contribution in [0, 0.1) is 6.92 Å². The second-order valence-electron chi connectivity index (χ2n) is 10.7. The molecule has 39 heavy (non-hydrogen) atoms. The van der Waals surface area contributed by atoms with Crippen LogP contribution < -0.4 is 0 Å². The summed E-state index contributed by atoms with van der Waals surface area (Å²) >= 11 is 0. The molecule has 0 N–H and O–H groups in total. The molecule has 0 fully saturated rings. The van der Waals surface area contributed by atoms with Crippen molar-refractivity contribution in [3.05, 3.63) is 161 Å². The van der Waals surface area contributed by atoms with Gasteiger partial charge >= 0.3 is 0 Å². The van der Waals surface area contributed by atoms with Crippen LogP contribution in [-0.4, -0.2) is 0 Å². The molecule has 0 radical (unpaired) electrons. The molecule has 0 bridgehead atoms. The lowest BCUT2D eigenvalue weighted by Crippen LogP contribution is -2.28. The van der Waals surface area contributed by atoms with Crippen molar-refractivity contribution in [2.75, 3.05) is 0 Å². The maximum atomic E-state index is 6.35. The van der Waals surface area contributed by atoms with Gasteiger partial charge in [0.05, 0.1) is 5.41 Å². The summed E-state index contributed by atoms with van der Waals surface area (Å²) in [4.78, 5) is 0. The fourth-order valence-electron chi connectivity index (χ4n) is 6.57. The van der Waals surface area contributed by atoms with Crippen molar-refractivity contribution >= 4 is 27.5 Å². The molecule has 1 heterocycles. The average molecular weight is 503 g/mol. The second-order valence-corrected chi connectivity index (χ2v) is 10.7. The molecule has 1 aromatic heterocycles. The molecule has 0 aliphatic heterocycles. The zero-order valence-corrected chi connectivity index (χ0v) is 22.5. The Balaban J connectivity index is 1.45. The summed E-state index contributed by atoms with van der Waals surface area (Å²) < 4.78 is 6.35. The lowest BCUT2D eigenvalue weighted by Gasteiger charge is -2.34. The van der Waals surface area contributed by atoms with Gasteiger partial charge in [0, 0.05) is 16.3 Å². The van der Waals surface area contributed by atoms with Gasteiger partial charge in [-0.3, -0.25) is 0 Å². The molecule has 0 spiro atoms. The van der Waals surface area contributed by atoms with E-state index in [2.05, 4.69) is 136 Å². The molecular formula is C38H30O. The van der Waals surface area contributed by atoms with Crippen LogP contribution >= 0.6 is 0 Å². The van der Waals surface area contributed by atoms with Gasteiger partial charge in [0.15, 0.2) is 0 Å². The number of furan rings is 1. The summed E-state index contributed by atoms with van der Waals surface area (Å²) in [5.74, 6) is 0. The highest BCUT2D eigenvalue weighted by Gasteiger charge is 2.45. The first-order valence-electron chi connectivity index (χ1n) is 13.6. The third kappa shape index (κ3) is 3.47. The Labute approximate surface area is 229 Å². The maximum Gasteiger partial charge on any atom is 0.142 e. The van der Waals surface area contributed by atoms with Gasteiger partial charge in [-0.15, -0.1) is 0 Å². The van der Waals surface area contributed by atoms with E-state index in [-0.39, 0.29) is 5.41 Å². The van der Waals surface area contributed by atoms with E-state index in [0.717, 1.165) is 27.5 Å². The van der Waals surface area contributed by atoms with Crippen LogP contribution in [0.4, 0.5) is 0 Å². The molecule has 1 heteroatoms. The predicted molar refractivity (Wildman–Crippen MR) is 164 cm³/mol. The smallest absolute Gasteiger partial charge is 0.142 e. The Morgan fingerprint density at radius 1 is 0.641 bits per heavy atom. The monoisotopic (exact) mass is 502 g/mol. The molecule has 6 aromatic rings. The normalized spacial score (nSPS) is 17.0. The standard InChI is InChI=1S/C38H30O/c1-25-20-23-31-30-14-7-9-18-34(30)38(35(31)24-25,28-12-5-4-6-13-28)27(3)22-21-26(2)29-16-11-17-33-32-15-8-10-19-36(32)39-37(29)33/h4-24H,1-3H3/b26-21+,27-22+. The van der Waals surface area contributed by atoms with E-state index in [1.807, 2.05) is 12.1 Å². The molecular weight excluding hydrogens is 472 g/mol. The van der Waals surface area contributed by atoms with Crippen molar-refractivity contribution in [3.63, 3.8) is 0 Å². The van der Waals surface area contributed by atoms with Gasteiger partial charge in [-0.25, -0.2) is 0 Å². The third-order valence-corrected chi connectivity index (χ3v) is 8.41. The van der Waals surface area contributed by atoms with Crippen LogP contribution in [0.3, 0.4) is 0 Å². The number of aryl methyl sites for hydroxylation is 1. The number of hydrogen-bond acceptors (Lipinski definition) is 1. The summed E-state index contributed by atoms with van der Waals surface area (Å²) in [6.45, 7) is 6.66. The van der Waals surface area contributed by atoms with E-state index in [0.29, 0.717) is 0 Å². The lowest BCUT2D eigenvalue weighted by atomic mass is 9.67. The van der Waals surface area contributed by atoms with Gasteiger partial charge in [0.1, 0.15) is 11.2 Å². The Bertz CT molecular complexity index is 1930. The molecule has 1 nitrogen and oxygen atoms in total. The number of allylic oxidation sites excluding steroid dienone is 4. The molecule has 5 aromatic carbocycles. The number of rotatable bonds is 4. The first kappa shape index (κ1) is 23.5. The minimum absolute atomic E-state index is 0.360. The number of para-hydroxylation sites is 2. The largest absolute Gasteiger partial charge is 0.455 e. The van der Waals surface area contributed by atoms with Crippen molar-refractivity contribution in [2.24, 2.45) is 0 Å². The van der Waals surface area contributed by atoms with E-state index < -0.39 is 0 Å². The van der Waals surface area contributed by atoms with E-state index >= 15 is 0 Å². The Kier molecular flexibility index (Phi) is 5.42. The van der Waals surface area contributed by atoms with Gasteiger partial charge in [-0.1, -0.05) is 132 Å². The Morgan fingerprint density at radius 3 is 2.23 bits per heavy atom. The molecule has 1 aliphatic rings. The number of hydrogen-bond donors (Lipinski definition) is 0. The summed E-state index contributed by atoms with van der Waals surface area (Å²) in [5, 5.41) is 2.32.